The van der Waals surface area contributed by atoms with Gasteiger partial charge in [-0.05, 0) is 5.56 Å². The van der Waals surface area contributed by atoms with Gasteiger partial charge in [-0.25, -0.2) is 9.97 Å². The van der Waals surface area contributed by atoms with Gasteiger partial charge in [0.15, 0.2) is 12.2 Å². The fourth-order valence-corrected chi connectivity index (χ4v) is 2.25. The highest BCUT2D eigenvalue weighted by atomic mass is 32.1. The largest absolute Gasteiger partial charge is 0.442 e. The van der Waals surface area contributed by atoms with Crippen molar-refractivity contribution in [2.24, 2.45) is 0 Å². The molecule has 0 spiro atoms. The van der Waals surface area contributed by atoms with Crippen molar-refractivity contribution in [3.63, 3.8) is 0 Å². The van der Waals surface area contributed by atoms with E-state index in [1.807, 2.05) is 23.6 Å². The molecule has 3 nitrogen and oxygen atoms in total. The fourth-order valence-electron chi connectivity index (χ4n) is 1.72. The van der Waals surface area contributed by atoms with Gasteiger partial charge in [-0.15, -0.1) is 11.3 Å². The maximum atomic E-state index is 5.41. The van der Waals surface area contributed by atoms with E-state index in [1.54, 1.807) is 16.8 Å². The van der Waals surface area contributed by atoms with Crippen molar-refractivity contribution in [1.29, 1.82) is 0 Å². The Morgan fingerprint density at radius 1 is 1.12 bits per heavy atom. The minimum Gasteiger partial charge on any atom is -0.442 e. The smallest absolute Gasteiger partial charge is 0.181 e. The minimum absolute atomic E-state index is 0.768. The molecular weight excluding hydrogens is 232 g/mol. The van der Waals surface area contributed by atoms with Crippen LogP contribution in [-0.2, 0) is 6.42 Å². The first-order valence-corrected chi connectivity index (χ1v) is 6.22. The average molecular weight is 242 g/mol. The van der Waals surface area contributed by atoms with Crippen LogP contribution in [0.2, 0.25) is 0 Å². The SMILES string of the molecule is c1ccc(Cc2ncoc2-c2cscn2)cc1. The van der Waals surface area contributed by atoms with Crippen LogP contribution in [0.4, 0.5) is 0 Å². The van der Waals surface area contributed by atoms with Crippen LogP contribution in [0.15, 0.2) is 52.0 Å². The van der Waals surface area contributed by atoms with E-state index in [2.05, 4.69) is 22.1 Å². The van der Waals surface area contributed by atoms with Crippen molar-refractivity contribution in [2.75, 3.05) is 0 Å². The third-order valence-electron chi connectivity index (χ3n) is 2.52. The van der Waals surface area contributed by atoms with Crippen LogP contribution in [-0.4, -0.2) is 9.97 Å². The Morgan fingerprint density at radius 2 is 2.00 bits per heavy atom. The molecule has 0 atom stereocenters. The number of rotatable bonds is 3. The summed E-state index contributed by atoms with van der Waals surface area (Å²) in [7, 11) is 0. The van der Waals surface area contributed by atoms with E-state index in [-0.39, 0.29) is 0 Å². The number of oxazole rings is 1. The van der Waals surface area contributed by atoms with Crippen molar-refractivity contribution in [3.8, 4) is 11.5 Å². The van der Waals surface area contributed by atoms with Crippen LogP contribution >= 0.6 is 11.3 Å². The van der Waals surface area contributed by atoms with Gasteiger partial charge in [0, 0.05) is 11.8 Å². The number of benzene rings is 1. The summed E-state index contributed by atoms with van der Waals surface area (Å²) in [4.78, 5) is 8.51. The van der Waals surface area contributed by atoms with E-state index < -0.39 is 0 Å². The van der Waals surface area contributed by atoms with Crippen LogP contribution < -0.4 is 0 Å². The molecule has 0 aliphatic rings. The van der Waals surface area contributed by atoms with Gasteiger partial charge in [0.2, 0.25) is 0 Å². The number of aromatic nitrogens is 2. The van der Waals surface area contributed by atoms with Gasteiger partial charge < -0.3 is 4.42 Å². The van der Waals surface area contributed by atoms with E-state index >= 15 is 0 Å². The van der Waals surface area contributed by atoms with Crippen molar-refractivity contribution >= 4 is 11.3 Å². The van der Waals surface area contributed by atoms with Crippen molar-refractivity contribution in [2.45, 2.75) is 6.42 Å². The molecule has 0 radical (unpaired) electrons. The Morgan fingerprint density at radius 3 is 2.76 bits per heavy atom. The second-order valence-corrected chi connectivity index (χ2v) is 4.38. The Hall–Kier alpha value is -1.94. The first kappa shape index (κ1) is 10.2. The fraction of sp³-hybridized carbons (Fsp3) is 0.0769. The van der Waals surface area contributed by atoms with Gasteiger partial charge in [-0.3, -0.25) is 0 Å². The Bertz CT molecular complexity index is 587. The third-order valence-corrected chi connectivity index (χ3v) is 3.11. The predicted molar refractivity (Wildman–Crippen MR) is 66.9 cm³/mol. The molecule has 2 aromatic heterocycles. The molecule has 0 aliphatic heterocycles. The third kappa shape index (κ3) is 2.12. The lowest BCUT2D eigenvalue weighted by Crippen LogP contribution is -1.90. The molecule has 0 amide bonds. The zero-order valence-corrected chi connectivity index (χ0v) is 9.85. The second-order valence-electron chi connectivity index (χ2n) is 3.66. The molecule has 0 bridgehead atoms. The first-order valence-electron chi connectivity index (χ1n) is 5.28. The van der Waals surface area contributed by atoms with Gasteiger partial charge in [0.1, 0.15) is 5.69 Å². The zero-order chi connectivity index (χ0) is 11.5. The summed E-state index contributed by atoms with van der Waals surface area (Å²) in [6.07, 6.45) is 2.25. The molecule has 0 unspecified atom stereocenters. The molecule has 4 heteroatoms. The Labute approximate surface area is 103 Å². The van der Waals surface area contributed by atoms with E-state index in [0.29, 0.717) is 0 Å². The maximum Gasteiger partial charge on any atom is 0.181 e. The molecule has 3 rings (SSSR count). The molecule has 3 aromatic rings. The number of hydrogen-bond donors (Lipinski definition) is 0. The molecule has 2 heterocycles. The summed E-state index contributed by atoms with van der Waals surface area (Å²) >= 11 is 1.55. The van der Waals surface area contributed by atoms with Crippen molar-refractivity contribution in [3.05, 3.63) is 58.9 Å². The van der Waals surface area contributed by atoms with Gasteiger partial charge in [0.05, 0.1) is 11.2 Å². The molecular formula is C13H10N2OS. The molecule has 0 aliphatic carbocycles. The summed E-state index contributed by atoms with van der Waals surface area (Å²) in [6, 6.07) is 10.2. The Kier molecular flexibility index (Phi) is 2.71. The lowest BCUT2D eigenvalue weighted by Gasteiger charge is -1.99. The zero-order valence-electron chi connectivity index (χ0n) is 9.04. The van der Waals surface area contributed by atoms with Crippen molar-refractivity contribution < 1.29 is 4.42 Å². The van der Waals surface area contributed by atoms with Crippen LogP contribution in [0.3, 0.4) is 0 Å². The van der Waals surface area contributed by atoms with Crippen LogP contribution in [0.5, 0.6) is 0 Å². The second kappa shape index (κ2) is 4.51. The highest BCUT2D eigenvalue weighted by molar-refractivity contribution is 7.07. The summed E-state index contributed by atoms with van der Waals surface area (Å²) < 4.78 is 5.41. The summed E-state index contributed by atoms with van der Waals surface area (Å²) in [6.45, 7) is 0. The van der Waals surface area contributed by atoms with Gasteiger partial charge >= 0.3 is 0 Å². The molecule has 0 saturated heterocycles. The van der Waals surface area contributed by atoms with Gasteiger partial charge in [0.25, 0.3) is 0 Å². The normalized spacial score (nSPS) is 10.6. The topological polar surface area (TPSA) is 38.9 Å². The van der Waals surface area contributed by atoms with E-state index in [1.165, 1.54) is 12.0 Å². The highest BCUT2D eigenvalue weighted by Gasteiger charge is 2.12. The van der Waals surface area contributed by atoms with Crippen LogP contribution in [0.25, 0.3) is 11.5 Å². The Balaban J connectivity index is 1.92. The lowest BCUT2D eigenvalue weighted by molar-refractivity contribution is 0.569. The van der Waals surface area contributed by atoms with Crippen molar-refractivity contribution in [1.82, 2.24) is 9.97 Å². The maximum absolute atomic E-state index is 5.41. The molecule has 0 N–H and O–H groups in total. The molecule has 84 valence electrons. The lowest BCUT2D eigenvalue weighted by atomic mass is 10.1. The molecule has 17 heavy (non-hydrogen) atoms. The molecule has 1 aromatic carbocycles. The number of thiazole rings is 1. The molecule has 0 saturated carbocycles. The summed E-state index contributed by atoms with van der Waals surface area (Å²) in [5.41, 5.74) is 4.81. The quantitative estimate of drug-likeness (QED) is 0.706. The van der Waals surface area contributed by atoms with Gasteiger partial charge in [-0.1, -0.05) is 30.3 Å². The summed E-state index contributed by atoms with van der Waals surface area (Å²) in [5, 5.41) is 1.97. The predicted octanol–water partition coefficient (Wildman–Crippen LogP) is 3.39. The summed E-state index contributed by atoms with van der Waals surface area (Å²) in [5.74, 6) is 0.773. The monoisotopic (exact) mass is 242 g/mol. The van der Waals surface area contributed by atoms with Gasteiger partial charge in [-0.2, -0.15) is 0 Å². The minimum atomic E-state index is 0.768. The van der Waals surface area contributed by atoms with E-state index in [9.17, 15) is 0 Å². The standard InChI is InChI=1S/C13H10N2OS/c1-2-4-10(5-3-1)6-11-13(16-8-14-11)12-7-17-9-15-12/h1-5,7-9H,6H2. The van der Waals surface area contributed by atoms with Crippen LogP contribution in [0, 0.1) is 0 Å². The highest BCUT2D eigenvalue weighted by Crippen LogP contribution is 2.24. The van der Waals surface area contributed by atoms with Crippen LogP contribution in [0.1, 0.15) is 11.3 Å². The van der Waals surface area contributed by atoms with E-state index in [4.69, 9.17) is 4.42 Å². The van der Waals surface area contributed by atoms with E-state index in [0.717, 1.165) is 23.6 Å². The average Bonchev–Trinajstić information content (AvgIpc) is 3.00. The number of hydrogen-bond acceptors (Lipinski definition) is 4. The molecule has 0 fully saturated rings. The first-order chi connectivity index (χ1) is 8.43. The number of nitrogens with zero attached hydrogens (tertiary/aromatic N) is 2.